The fourth-order valence-corrected chi connectivity index (χ4v) is 3.71. The summed E-state index contributed by atoms with van der Waals surface area (Å²) in [7, 11) is 0. The van der Waals surface area contributed by atoms with E-state index in [1.807, 2.05) is 17.7 Å². The first-order valence-electron chi connectivity index (χ1n) is 10.2. The quantitative estimate of drug-likeness (QED) is 0.833. The van der Waals surface area contributed by atoms with E-state index in [2.05, 4.69) is 72.6 Å². The van der Waals surface area contributed by atoms with Crippen molar-refractivity contribution in [2.45, 2.75) is 52.6 Å². The van der Waals surface area contributed by atoms with Crippen LogP contribution in [0.15, 0.2) is 30.3 Å². The van der Waals surface area contributed by atoms with Crippen LogP contribution in [0.1, 0.15) is 50.6 Å². The van der Waals surface area contributed by atoms with Gasteiger partial charge >= 0.3 is 0 Å². The molecule has 1 amide bonds. The van der Waals surface area contributed by atoms with Gasteiger partial charge in [0.2, 0.25) is 5.91 Å². The van der Waals surface area contributed by atoms with E-state index in [1.54, 1.807) is 0 Å². The largest absolute Gasteiger partial charge is 0.314 e. The molecule has 3 rings (SSSR count). The number of piperazine rings is 1. The molecule has 152 valence electrons. The molecule has 1 aliphatic heterocycles. The molecule has 1 atom stereocenters. The minimum Gasteiger partial charge on any atom is -0.314 e. The number of aryl methyl sites for hydroxylation is 2. The van der Waals surface area contributed by atoms with Crippen LogP contribution in [0, 0.1) is 6.92 Å². The molecule has 1 fully saturated rings. The van der Waals surface area contributed by atoms with Crippen LogP contribution in [0.4, 0.5) is 5.82 Å². The van der Waals surface area contributed by atoms with E-state index < -0.39 is 0 Å². The number of aromatic nitrogens is 2. The van der Waals surface area contributed by atoms with Gasteiger partial charge in [-0.25, -0.2) is 4.68 Å². The highest BCUT2D eigenvalue weighted by Gasteiger charge is 2.26. The maximum Gasteiger partial charge on any atom is 0.239 e. The van der Waals surface area contributed by atoms with Crippen molar-refractivity contribution in [3.8, 4) is 0 Å². The molecule has 0 bridgehead atoms. The van der Waals surface area contributed by atoms with Crippen LogP contribution in [-0.2, 0) is 16.8 Å². The molecule has 0 radical (unpaired) electrons. The van der Waals surface area contributed by atoms with E-state index in [0.29, 0.717) is 6.54 Å². The smallest absolute Gasteiger partial charge is 0.239 e. The summed E-state index contributed by atoms with van der Waals surface area (Å²) in [6, 6.07) is 10.9. The Kier molecular flexibility index (Phi) is 6.20. The lowest BCUT2D eigenvalue weighted by molar-refractivity contribution is -0.118. The van der Waals surface area contributed by atoms with Crippen LogP contribution in [0.2, 0.25) is 0 Å². The van der Waals surface area contributed by atoms with Crippen molar-refractivity contribution in [3.63, 3.8) is 0 Å². The highest BCUT2D eigenvalue weighted by atomic mass is 16.2. The predicted octanol–water partition coefficient (Wildman–Crippen LogP) is 3.09. The lowest BCUT2D eigenvalue weighted by Crippen LogP contribution is -2.48. The number of anilines is 1. The SMILES string of the molecule is CCc1ccc(C2CNCCN2CC(=O)Nc2cc(C)nn2C(C)(C)C)cc1. The highest BCUT2D eigenvalue weighted by Crippen LogP contribution is 2.24. The number of carbonyl (C=O) groups is 1. The molecule has 2 N–H and O–H groups in total. The van der Waals surface area contributed by atoms with Crippen molar-refractivity contribution < 1.29 is 4.79 Å². The Balaban J connectivity index is 1.71. The van der Waals surface area contributed by atoms with Gasteiger partial charge in [-0.15, -0.1) is 0 Å². The van der Waals surface area contributed by atoms with Gasteiger partial charge < -0.3 is 10.6 Å². The number of amides is 1. The van der Waals surface area contributed by atoms with Crippen LogP contribution in [-0.4, -0.2) is 46.8 Å². The van der Waals surface area contributed by atoms with Crippen LogP contribution in [0.5, 0.6) is 0 Å². The van der Waals surface area contributed by atoms with E-state index in [9.17, 15) is 4.79 Å². The molecule has 0 saturated carbocycles. The summed E-state index contributed by atoms with van der Waals surface area (Å²) in [5.74, 6) is 0.761. The van der Waals surface area contributed by atoms with Gasteiger partial charge in [-0.05, 0) is 45.2 Å². The Morgan fingerprint density at radius 3 is 2.64 bits per heavy atom. The van der Waals surface area contributed by atoms with Gasteiger partial charge in [0.15, 0.2) is 0 Å². The van der Waals surface area contributed by atoms with Crippen molar-refractivity contribution in [1.29, 1.82) is 0 Å². The average molecular weight is 384 g/mol. The van der Waals surface area contributed by atoms with Gasteiger partial charge in [-0.3, -0.25) is 9.69 Å². The van der Waals surface area contributed by atoms with Crippen molar-refractivity contribution >= 4 is 11.7 Å². The molecule has 6 heteroatoms. The van der Waals surface area contributed by atoms with E-state index in [1.165, 1.54) is 11.1 Å². The first-order valence-corrected chi connectivity index (χ1v) is 10.2. The molecular weight excluding hydrogens is 350 g/mol. The molecule has 1 aliphatic rings. The maximum atomic E-state index is 12.8. The van der Waals surface area contributed by atoms with E-state index >= 15 is 0 Å². The third-order valence-corrected chi connectivity index (χ3v) is 5.21. The van der Waals surface area contributed by atoms with Crippen molar-refractivity contribution in [2.75, 3.05) is 31.5 Å². The second kappa shape index (κ2) is 8.45. The van der Waals surface area contributed by atoms with Gasteiger partial charge in [0.05, 0.1) is 17.8 Å². The molecule has 1 unspecified atom stereocenters. The zero-order chi connectivity index (χ0) is 20.3. The second-order valence-corrected chi connectivity index (χ2v) is 8.59. The Labute approximate surface area is 168 Å². The maximum absolute atomic E-state index is 12.8. The lowest BCUT2D eigenvalue weighted by atomic mass is 10.0. The Bertz CT molecular complexity index is 803. The van der Waals surface area contributed by atoms with E-state index in [0.717, 1.165) is 37.6 Å². The summed E-state index contributed by atoms with van der Waals surface area (Å²) in [4.78, 5) is 15.1. The molecule has 1 saturated heterocycles. The number of hydrogen-bond acceptors (Lipinski definition) is 4. The van der Waals surface area contributed by atoms with Crippen LogP contribution >= 0.6 is 0 Å². The molecule has 2 aromatic rings. The molecule has 0 spiro atoms. The lowest BCUT2D eigenvalue weighted by Gasteiger charge is -2.36. The number of rotatable bonds is 5. The van der Waals surface area contributed by atoms with Crippen molar-refractivity contribution in [1.82, 2.24) is 20.0 Å². The summed E-state index contributed by atoms with van der Waals surface area (Å²) in [6.07, 6.45) is 1.04. The zero-order valence-electron chi connectivity index (χ0n) is 17.7. The minimum absolute atomic E-state index is 0.00229. The minimum atomic E-state index is -0.185. The summed E-state index contributed by atoms with van der Waals surface area (Å²) >= 11 is 0. The molecule has 28 heavy (non-hydrogen) atoms. The fourth-order valence-electron chi connectivity index (χ4n) is 3.71. The van der Waals surface area contributed by atoms with E-state index in [4.69, 9.17) is 0 Å². The number of benzene rings is 1. The van der Waals surface area contributed by atoms with Gasteiger partial charge in [0.25, 0.3) is 0 Å². The standard InChI is InChI=1S/C22H33N5O/c1-6-17-7-9-18(10-8-17)19-14-23-11-12-26(19)15-21(28)24-20-13-16(2)25-27(20)22(3,4)5/h7-10,13,19,23H,6,11-12,14-15H2,1-5H3,(H,24,28). The van der Waals surface area contributed by atoms with Gasteiger partial charge in [-0.2, -0.15) is 5.10 Å². The Hall–Kier alpha value is -2.18. The monoisotopic (exact) mass is 383 g/mol. The number of carbonyl (C=O) groups excluding carboxylic acids is 1. The van der Waals surface area contributed by atoms with Gasteiger partial charge in [-0.1, -0.05) is 31.2 Å². The molecule has 1 aromatic heterocycles. The van der Waals surface area contributed by atoms with Gasteiger partial charge in [0.1, 0.15) is 5.82 Å². The summed E-state index contributed by atoms with van der Waals surface area (Å²) in [5.41, 5.74) is 3.31. The normalized spacial score (nSPS) is 18.2. The van der Waals surface area contributed by atoms with Gasteiger partial charge in [0, 0.05) is 31.7 Å². The highest BCUT2D eigenvalue weighted by molar-refractivity contribution is 5.91. The fraction of sp³-hybridized carbons (Fsp3) is 0.545. The van der Waals surface area contributed by atoms with Crippen LogP contribution in [0.3, 0.4) is 0 Å². The molecule has 1 aromatic carbocycles. The zero-order valence-corrected chi connectivity index (χ0v) is 17.7. The second-order valence-electron chi connectivity index (χ2n) is 8.59. The number of nitrogens with one attached hydrogen (secondary N) is 2. The van der Waals surface area contributed by atoms with Crippen molar-refractivity contribution in [3.05, 3.63) is 47.2 Å². The Morgan fingerprint density at radius 1 is 1.29 bits per heavy atom. The predicted molar refractivity (Wildman–Crippen MR) is 114 cm³/mol. The third kappa shape index (κ3) is 4.80. The Morgan fingerprint density at radius 2 is 2.00 bits per heavy atom. The summed E-state index contributed by atoms with van der Waals surface area (Å²) < 4.78 is 1.89. The van der Waals surface area contributed by atoms with Crippen LogP contribution < -0.4 is 10.6 Å². The number of hydrogen-bond donors (Lipinski definition) is 2. The summed E-state index contributed by atoms with van der Waals surface area (Å²) in [6.45, 7) is 13.3. The third-order valence-electron chi connectivity index (χ3n) is 5.21. The van der Waals surface area contributed by atoms with Crippen LogP contribution in [0.25, 0.3) is 0 Å². The first kappa shape index (κ1) is 20.6. The topological polar surface area (TPSA) is 62.2 Å². The summed E-state index contributed by atoms with van der Waals surface area (Å²) in [5, 5.41) is 11.1. The van der Waals surface area contributed by atoms with Crippen molar-refractivity contribution in [2.24, 2.45) is 0 Å². The average Bonchev–Trinajstić information content (AvgIpc) is 3.03. The van der Waals surface area contributed by atoms with E-state index in [-0.39, 0.29) is 17.5 Å². The molecule has 6 nitrogen and oxygen atoms in total. The molecule has 0 aliphatic carbocycles. The first-order chi connectivity index (χ1) is 13.3. The number of nitrogens with zero attached hydrogens (tertiary/aromatic N) is 3. The molecular formula is C22H33N5O. The molecule has 2 heterocycles.